The highest BCUT2D eigenvalue weighted by molar-refractivity contribution is 7.80. The third-order valence-corrected chi connectivity index (χ3v) is 2.80. The molecule has 0 heterocycles. The normalized spacial score (nSPS) is 10.2. The fourth-order valence-electron chi connectivity index (χ4n) is 1.51. The predicted octanol–water partition coefficient (Wildman–Crippen LogP) is 2.26. The Morgan fingerprint density at radius 2 is 1.76 bits per heavy atom. The molecular weight excluding hydrogens is 234 g/mol. The van der Waals surface area contributed by atoms with E-state index in [4.69, 9.17) is 5.11 Å². The third-order valence-electron chi connectivity index (χ3n) is 2.50. The first-order valence-electron chi connectivity index (χ1n) is 5.92. The number of carbonyl (C=O) groups is 1. The van der Waals surface area contributed by atoms with Crippen molar-refractivity contribution in [3.8, 4) is 0 Å². The fraction of sp³-hybridized carbons (Fsp3) is 0.462. The lowest BCUT2D eigenvalue weighted by Crippen LogP contribution is -2.24. The van der Waals surface area contributed by atoms with Crippen molar-refractivity contribution in [1.82, 2.24) is 5.32 Å². The molecule has 94 valence electrons. The maximum Gasteiger partial charge on any atom is 0.251 e. The molecule has 0 fully saturated rings. The number of thiol groups is 1. The van der Waals surface area contributed by atoms with Crippen molar-refractivity contribution < 1.29 is 9.90 Å². The van der Waals surface area contributed by atoms with E-state index >= 15 is 0 Å². The van der Waals surface area contributed by atoms with Gasteiger partial charge in [-0.2, -0.15) is 0 Å². The number of rotatable bonds is 7. The van der Waals surface area contributed by atoms with Crippen LogP contribution in [0.3, 0.4) is 0 Å². The van der Waals surface area contributed by atoms with Gasteiger partial charge in [-0.25, -0.2) is 0 Å². The van der Waals surface area contributed by atoms with Crippen LogP contribution in [0.25, 0.3) is 0 Å². The summed E-state index contributed by atoms with van der Waals surface area (Å²) in [5.74, 6) is -0.0412. The van der Waals surface area contributed by atoms with E-state index in [1.54, 1.807) is 24.3 Å². The van der Waals surface area contributed by atoms with Crippen LogP contribution in [0.4, 0.5) is 0 Å². The Morgan fingerprint density at radius 3 is 2.41 bits per heavy atom. The first-order chi connectivity index (χ1) is 8.24. The molecule has 0 unspecified atom stereocenters. The van der Waals surface area contributed by atoms with Gasteiger partial charge in [-0.3, -0.25) is 4.79 Å². The second-order valence-corrected chi connectivity index (χ2v) is 4.46. The Hall–Kier alpha value is -1.00. The number of aliphatic hydroxyl groups excluding tert-OH is 1. The quantitative estimate of drug-likeness (QED) is 0.515. The van der Waals surface area contributed by atoms with E-state index in [0.717, 1.165) is 30.6 Å². The smallest absolute Gasteiger partial charge is 0.251 e. The lowest BCUT2D eigenvalue weighted by Gasteiger charge is -2.05. The SMILES string of the molecule is O=C(NCCCCCCO)c1ccc(S)cc1. The van der Waals surface area contributed by atoms with E-state index in [-0.39, 0.29) is 12.5 Å². The number of nitrogens with one attached hydrogen (secondary N) is 1. The van der Waals surface area contributed by atoms with E-state index in [1.807, 2.05) is 0 Å². The molecule has 0 radical (unpaired) electrons. The second kappa shape index (κ2) is 8.14. The lowest BCUT2D eigenvalue weighted by atomic mass is 10.2. The van der Waals surface area contributed by atoms with Crippen molar-refractivity contribution in [3.63, 3.8) is 0 Å². The van der Waals surface area contributed by atoms with Gasteiger partial charge >= 0.3 is 0 Å². The van der Waals surface area contributed by atoms with Crippen LogP contribution in [0.15, 0.2) is 29.2 Å². The maximum atomic E-state index is 11.7. The van der Waals surface area contributed by atoms with Gasteiger partial charge in [0.2, 0.25) is 0 Å². The lowest BCUT2D eigenvalue weighted by molar-refractivity contribution is 0.0952. The molecule has 17 heavy (non-hydrogen) atoms. The molecule has 0 aliphatic carbocycles. The molecule has 0 aliphatic heterocycles. The summed E-state index contributed by atoms with van der Waals surface area (Å²) in [5, 5.41) is 11.5. The minimum atomic E-state index is -0.0412. The van der Waals surface area contributed by atoms with E-state index in [0.29, 0.717) is 12.1 Å². The number of hydrogen-bond acceptors (Lipinski definition) is 3. The Morgan fingerprint density at radius 1 is 1.12 bits per heavy atom. The van der Waals surface area contributed by atoms with Gasteiger partial charge in [-0.1, -0.05) is 12.8 Å². The molecule has 3 nitrogen and oxygen atoms in total. The zero-order valence-electron chi connectivity index (χ0n) is 9.85. The zero-order chi connectivity index (χ0) is 12.5. The Kier molecular flexibility index (Phi) is 6.74. The van der Waals surface area contributed by atoms with E-state index < -0.39 is 0 Å². The van der Waals surface area contributed by atoms with Gasteiger partial charge in [-0.05, 0) is 37.1 Å². The van der Waals surface area contributed by atoms with Gasteiger partial charge in [0.25, 0.3) is 5.91 Å². The standard InChI is InChI=1S/C13H19NO2S/c15-10-4-2-1-3-9-14-13(16)11-5-7-12(17)8-6-11/h5-8,15,17H,1-4,9-10H2,(H,14,16). The molecule has 1 rings (SSSR count). The second-order valence-electron chi connectivity index (χ2n) is 3.94. The molecule has 0 aromatic heterocycles. The van der Waals surface area contributed by atoms with Crippen molar-refractivity contribution in [2.75, 3.05) is 13.2 Å². The highest BCUT2D eigenvalue weighted by Crippen LogP contribution is 2.07. The molecule has 0 atom stereocenters. The van der Waals surface area contributed by atoms with Gasteiger partial charge in [0.1, 0.15) is 0 Å². The zero-order valence-corrected chi connectivity index (χ0v) is 10.7. The minimum Gasteiger partial charge on any atom is -0.396 e. The Bertz CT molecular complexity index is 338. The van der Waals surface area contributed by atoms with Gasteiger partial charge < -0.3 is 10.4 Å². The molecule has 0 aliphatic rings. The molecule has 1 aromatic rings. The van der Waals surface area contributed by atoms with Crippen LogP contribution in [0.2, 0.25) is 0 Å². The van der Waals surface area contributed by atoms with Crippen LogP contribution in [0, 0.1) is 0 Å². The number of unbranched alkanes of at least 4 members (excludes halogenated alkanes) is 3. The van der Waals surface area contributed by atoms with Gasteiger partial charge in [0, 0.05) is 23.6 Å². The summed E-state index contributed by atoms with van der Waals surface area (Å²) >= 11 is 4.17. The van der Waals surface area contributed by atoms with Gasteiger partial charge in [0.05, 0.1) is 0 Å². The number of aliphatic hydroxyl groups is 1. The van der Waals surface area contributed by atoms with Crippen LogP contribution in [0.5, 0.6) is 0 Å². The van der Waals surface area contributed by atoms with E-state index in [9.17, 15) is 4.79 Å². The molecule has 0 bridgehead atoms. The van der Waals surface area contributed by atoms with Crippen molar-refractivity contribution >= 4 is 18.5 Å². The van der Waals surface area contributed by atoms with Crippen molar-refractivity contribution in [2.45, 2.75) is 30.6 Å². The number of carbonyl (C=O) groups excluding carboxylic acids is 1. The number of hydrogen-bond donors (Lipinski definition) is 3. The van der Waals surface area contributed by atoms with Gasteiger partial charge in [-0.15, -0.1) is 12.6 Å². The van der Waals surface area contributed by atoms with Crippen LogP contribution < -0.4 is 5.32 Å². The molecule has 4 heteroatoms. The molecule has 0 saturated heterocycles. The summed E-state index contributed by atoms with van der Waals surface area (Å²) in [6.07, 6.45) is 3.85. The van der Waals surface area contributed by atoms with Crippen LogP contribution in [-0.4, -0.2) is 24.2 Å². The van der Waals surface area contributed by atoms with Crippen LogP contribution in [-0.2, 0) is 0 Å². The summed E-state index contributed by atoms with van der Waals surface area (Å²) < 4.78 is 0. The molecule has 2 N–H and O–H groups in total. The maximum absolute atomic E-state index is 11.7. The Balaban J connectivity index is 2.19. The van der Waals surface area contributed by atoms with Crippen molar-refractivity contribution in [2.24, 2.45) is 0 Å². The van der Waals surface area contributed by atoms with Crippen molar-refractivity contribution in [1.29, 1.82) is 0 Å². The van der Waals surface area contributed by atoms with Crippen LogP contribution >= 0.6 is 12.6 Å². The van der Waals surface area contributed by atoms with E-state index in [1.165, 1.54) is 0 Å². The minimum absolute atomic E-state index is 0.0412. The first kappa shape index (κ1) is 14.1. The molecule has 1 aromatic carbocycles. The van der Waals surface area contributed by atoms with Crippen LogP contribution in [0.1, 0.15) is 36.0 Å². The number of benzene rings is 1. The average molecular weight is 253 g/mol. The van der Waals surface area contributed by atoms with Gasteiger partial charge in [0.15, 0.2) is 0 Å². The van der Waals surface area contributed by atoms with E-state index in [2.05, 4.69) is 17.9 Å². The highest BCUT2D eigenvalue weighted by Gasteiger charge is 2.03. The molecule has 0 saturated carbocycles. The Labute approximate surface area is 108 Å². The first-order valence-corrected chi connectivity index (χ1v) is 6.37. The summed E-state index contributed by atoms with van der Waals surface area (Å²) in [6.45, 7) is 0.940. The highest BCUT2D eigenvalue weighted by atomic mass is 32.1. The third kappa shape index (κ3) is 5.75. The summed E-state index contributed by atoms with van der Waals surface area (Å²) in [6, 6.07) is 7.14. The molecular formula is C13H19NO2S. The van der Waals surface area contributed by atoms with Crippen molar-refractivity contribution in [3.05, 3.63) is 29.8 Å². The predicted molar refractivity (Wildman–Crippen MR) is 71.6 cm³/mol. The fourth-order valence-corrected chi connectivity index (χ4v) is 1.66. The number of amides is 1. The average Bonchev–Trinajstić information content (AvgIpc) is 2.34. The molecule has 0 spiro atoms. The largest absolute Gasteiger partial charge is 0.396 e. The monoisotopic (exact) mass is 253 g/mol. The summed E-state index contributed by atoms with van der Waals surface area (Å²) in [7, 11) is 0. The summed E-state index contributed by atoms with van der Waals surface area (Å²) in [4.78, 5) is 12.5. The topological polar surface area (TPSA) is 49.3 Å². The summed E-state index contributed by atoms with van der Waals surface area (Å²) in [5.41, 5.74) is 0.665. The molecule has 1 amide bonds.